The van der Waals surface area contributed by atoms with Gasteiger partial charge in [0.1, 0.15) is 12.0 Å². The second-order valence-electron chi connectivity index (χ2n) is 13.0. The van der Waals surface area contributed by atoms with Gasteiger partial charge in [0.25, 0.3) is 0 Å². The number of nitrogens with zero attached hydrogens (tertiary/aromatic N) is 8. The van der Waals surface area contributed by atoms with Gasteiger partial charge in [0.2, 0.25) is 17.7 Å². The van der Waals surface area contributed by atoms with Gasteiger partial charge in [-0.2, -0.15) is 10.2 Å². The number of fused-ring (bicyclic) bond motifs is 1. The number of hydrogen-bond acceptors (Lipinski definition) is 8. The summed E-state index contributed by atoms with van der Waals surface area (Å²) in [7, 11) is 3.45. The minimum absolute atomic E-state index is 0.118. The molecule has 5 aromatic rings. The predicted molar refractivity (Wildman–Crippen MR) is 182 cm³/mol. The van der Waals surface area contributed by atoms with Crippen LogP contribution >= 0.6 is 0 Å². The van der Waals surface area contributed by atoms with Gasteiger partial charge in [0.15, 0.2) is 5.82 Å². The molecule has 12 nitrogen and oxygen atoms in total. The number of carbonyl (C=O) groups excluding carboxylic acids is 2. The van der Waals surface area contributed by atoms with E-state index in [0.717, 1.165) is 64.8 Å². The van der Waals surface area contributed by atoms with E-state index in [1.54, 1.807) is 24.3 Å². The van der Waals surface area contributed by atoms with E-state index < -0.39 is 5.41 Å². The van der Waals surface area contributed by atoms with Crippen molar-refractivity contribution in [3.63, 3.8) is 0 Å². The number of carbonyl (C=O) groups is 2. The molecule has 0 radical (unpaired) electrons. The normalized spacial score (nSPS) is 19.9. The van der Waals surface area contributed by atoms with Gasteiger partial charge < -0.3 is 14.5 Å². The Bertz CT molecular complexity index is 2030. The number of anilines is 1. The first-order valence-corrected chi connectivity index (χ1v) is 16.4. The number of likely N-dealkylation sites (tertiary alicyclic amines) is 1. The Hall–Kier alpha value is -5.36. The lowest BCUT2D eigenvalue weighted by atomic mass is 9.85. The van der Waals surface area contributed by atoms with E-state index in [4.69, 9.17) is 4.74 Å². The second-order valence-corrected chi connectivity index (χ2v) is 13.0. The lowest BCUT2D eigenvalue weighted by molar-refractivity contribution is -0.132. The summed E-state index contributed by atoms with van der Waals surface area (Å²) in [6.45, 7) is 3.62. The van der Waals surface area contributed by atoms with Crippen LogP contribution in [0, 0.1) is 5.41 Å². The van der Waals surface area contributed by atoms with Gasteiger partial charge in [0, 0.05) is 67.7 Å². The molecule has 2 amide bonds. The van der Waals surface area contributed by atoms with E-state index in [-0.39, 0.29) is 11.8 Å². The van der Waals surface area contributed by atoms with E-state index in [1.807, 2.05) is 59.3 Å². The maximum atomic E-state index is 14.0. The van der Waals surface area contributed by atoms with Crippen molar-refractivity contribution in [1.82, 2.24) is 39.7 Å². The Morgan fingerprint density at radius 3 is 2.52 bits per heavy atom. The van der Waals surface area contributed by atoms with E-state index in [2.05, 4.69) is 48.4 Å². The first-order valence-electron chi connectivity index (χ1n) is 16.4. The highest BCUT2D eigenvalue weighted by Crippen LogP contribution is 2.43. The maximum absolute atomic E-state index is 14.0. The number of pyridine rings is 1. The molecule has 1 spiro atoms. The molecule has 0 bridgehead atoms. The Balaban J connectivity index is 0.893. The highest BCUT2D eigenvalue weighted by Gasteiger charge is 2.51. The topological polar surface area (TPSA) is 125 Å². The van der Waals surface area contributed by atoms with Crippen LogP contribution in [0.15, 0.2) is 73.2 Å². The Morgan fingerprint density at radius 2 is 1.79 bits per heavy atom. The first kappa shape index (κ1) is 30.0. The zero-order valence-electron chi connectivity index (χ0n) is 27.1. The number of hydrogen-bond donors (Lipinski definition) is 1. The van der Waals surface area contributed by atoms with E-state index in [0.29, 0.717) is 44.4 Å². The van der Waals surface area contributed by atoms with Gasteiger partial charge in [-0.05, 0) is 61.2 Å². The van der Waals surface area contributed by atoms with Gasteiger partial charge >= 0.3 is 0 Å². The standard InChI is InChI=1S/C36H37N9O3/c1-42-23-38-34(41-42)26-5-3-24(4-6-26)25-11-15-44(16-12-25)32(46)21-43-17-13-36(22-43)14-18-45(35(36)47)28-8-9-30-29(19-28)33(40-39-30)27-7-10-31(48-2)37-20-27/h3-11,19-20,23H,12-18,21-22H2,1-2H3,(H,39,40)/t36-/m0/s1. The Morgan fingerprint density at radius 1 is 0.979 bits per heavy atom. The largest absolute Gasteiger partial charge is 0.481 e. The smallest absolute Gasteiger partial charge is 0.237 e. The zero-order valence-corrected chi connectivity index (χ0v) is 27.1. The average molecular weight is 644 g/mol. The van der Waals surface area contributed by atoms with Crippen molar-refractivity contribution in [3.8, 4) is 28.5 Å². The van der Waals surface area contributed by atoms with Gasteiger partial charge in [-0.15, -0.1) is 0 Å². The van der Waals surface area contributed by atoms with Gasteiger partial charge in [-0.3, -0.25) is 24.3 Å². The highest BCUT2D eigenvalue weighted by molar-refractivity contribution is 6.03. The molecule has 2 saturated heterocycles. The molecule has 6 heterocycles. The zero-order chi connectivity index (χ0) is 32.8. The number of rotatable bonds is 7. The molecule has 1 N–H and O–H groups in total. The fourth-order valence-corrected chi connectivity index (χ4v) is 7.32. The minimum atomic E-state index is -0.458. The number of H-pyrrole nitrogens is 1. The third kappa shape index (κ3) is 5.41. The molecule has 8 rings (SSSR count). The Kier molecular flexibility index (Phi) is 7.51. The third-order valence-corrected chi connectivity index (χ3v) is 10.1. The molecule has 3 aliphatic rings. The minimum Gasteiger partial charge on any atom is -0.481 e. The van der Waals surface area contributed by atoms with Crippen LogP contribution in [0.5, 0.6) is 5.88 Å². The van der Waals surface area contributed by atoms with Crippen molar-refractivity contribution < 1.29 is 14.3 Å². The molecule has 2 fully saturated rings. The molecule has 3 aliphatic heterocycles. The van der Waals surface area contributed by atoms with Gasteiger partial charge in [0.05, 0.1) is 24.6 Å². The van der Waals surface area contributed by atoms with E-state index >= 15 is 0 Å². The molecular formula is C36H37N9O3. The molecule has 2 aromatic carbocycles. The molecule has 244 valence electrons. The van der Waals surface area contributed by atoms with Crippen molar-refractivity contribution in [2.45, 2.75) is 19.3 Å². The molecule has 48 heavy (non-hydrogen) atoms. The van der Waals surface area contributed by atoms with Crippen LogP contribution in [0.2, 0.25) is 0 Å². The van der Waals surface area contributed by atoms with Crippen LogP contribution < -0.4 is 9.64 Å². The molecule has 0 saturated carbocycles. The van der Waals surface area contributed by atoms with Crippen LogP contribution in [0.25, 0.3) is 39.1 Å². The van der Waals surface area contributed by atoms with Crippen molar-refractivity contribution in [2.75, 3.05) is 51.3 Å². The number of methoxy groups -OCH3 is 1. The number of aromatic amines is 1. The molecule has 12 heteroatoms. The second kappa shape index (κ2) is 12.0. The van der Waals surface area contributed by atoms with Crippen LogP contribution in [0.4, 0.5) is 5.69 Å². The summed E-state index contributed by atoms with van der Waals surface area (Å²) in [6.07, 6.45) is 7.95. The highest BCUT2D eigenvalue weighted by atomic mass is 16.5. The summed E-state index contributed by atoms with van der Waals surface area (Å²) >= 11 is 0. The van der Waals surface area contributed by atoms with E-state index in [9.17, 15) is 9.59 Å². The molecule has 0 aliphatic carbocycles. The van der Waals surface area contributed by atoms with Crippen LogP contribution in [0.3, 0.4) is 0 Å². The fourth-order valence-electron chi connectivity index (χ4n) is 7.32. The Labute approximate surface area is 278 Å². The maximum Gasteiger partial charge on any atom is 0.237 e. The predicted octanol–water partition coefficient (Wildman–Crippen LogP) is 4.17. The van der Waals surface area contributed by atoms with Crippen molar-refractivity contribution in [3.05, 3.63) is 78.8 Å². The number of benzene rings is 2. The van der Waals surface area contributed by atoms with Crippen LogP contribution in [-0.2, 0) is 16.6 Å². The summed E-state index contributed by atoms with van der Waals surface area (Å²) in [5, 5.41) is 12.9. The third-order valence-electron chi connectivity index (χ3n) is 10.1. The van der Waals surface area contributed by atoms with Crippen LogP contribution in [0.1, 0.15) is 24.8 Å². The molecular weight excluding hydrogens is 606 g/mol. The van der Waals surface area contributed by atoms with Crippen molar-refractivity contribution in [2.24, 2.45) is 12.5 Å². The van der Waals surface area contributed by atoms with Crippen molar-refractivity contribution in [1.29, 1.82) is 0 Å². The van der Waals surface area contributed by atoms with Crippen molar-refractivity contribution >= 4 is 34.0 Å². The number of aromatic nitrogens is 6. The lowest BCUT2D eigenvalue weighted by Crippen LogP contribution is -2.43. The number of nitrogens with one attached hydrogen (secondary N) is 1. The molecule has 0 unspecified atom stereocenters. The molecule has 3 aromatic heterocycles. The number of amides is 2. The van der Waals surface area contributed by atoms with Gasteiger partial charge in [-0.25, -0.2) is 9.97 Å². The van der Waals surface area contributed by atoms with Crippen LogP contribution in [-0.4, -0.2) is 97.9 Å². The monoisotopic (exact) mass is 643 g/mol. The fraction of sp³-hybridized carbons (Fsp3) is 0.333. The summed E-state index contributed by atoms with van der Waals surface area (Å²) < 4.78 is 6.89. The van der Waals surface area contributed by atoms with Gasteiger partial charge in [-0.1, -0.05) is 30.3 Å². The lowest BCUT2D eigenvalue weighted by Gasteiger charge is -2.29. The van der Waals surface area contributed by atoms with E-state index in [1.165, 1.54) is 5.57 Å². The summed E-state index contributed by atoms with van der Waals surface area (Å²) in [4.78, 5) is 42.0. The number of aryl methyl sites for hydroxylation is 1. The summed E-state index contributed by atoms with van der Waals surface area (Å²) in [6, 6.07) is 18.0. The molecule has 1 atom stereocenters. The SMILES string of the molecule is COc1ccc(-c2n[nH]c3ccc(N4CC[C@]5(CCN(CC(=O)N6CC=C(c7ccc(-c8ncn(C)n8)cc7)CC6)C5)C4=O)cc23)cn1. The number of ether oxygens (including phenoxy) is 1. The average Bonchev–Trinajstić information content (AvgIpc) is 3.92. The first-order chi connectivity index (χ1) is 23.4. The summed E-state index contributed by atoms with van der Waals surface area (Å²) in [5.74, 6) is 1.51. The quantitative estimate of drug-likeness (QED) is 0.280. The summed E-state index contributed by atoms with van der Waals surface area (Å²) in [5.41, 5.74) is 6.34.